The van der Waals surface area contributed by atoms with Crippen molar-refractivity contribution in [3.05, 3.63) is 83.7 Å². The summed E-state index contributed by atoms with van der Waals surface area (Å²) in [5, 5.41) is 16.2. The standard InChI is InChI=1S/C32H34FN3O6/c1-20-28(19-30(37)38)36(34-31(20)21-4-6-22(7-5-21)32(39)41-3)23-8-10-24(11-9-23)42-25-14-16-35(17-15-25)29-18-26(40-2)12-13-27(29)33/h4-13,18,20,25,28H,14-17,19H2,1-3H3,(H,37,38). The predicted molar refractivity (Wildman–Crippen MR) is 157 cm³/mol. The van der Waals surface area contributed by atoms with E-state index in [2.05, 4.69) is 0 Å². The third kappa shape index (κ3) is 6.17. The van der Waals surface area contributed by atoms with Crippen LogP contribution in [0, 0.1) is 11.7 Å². The van der Waals surface area contributed by atoms with E-state index in [-0.39, 0.29) is 30.3 Å². The molecule has 0 aliphatic carbocycles. The Hall–Kier alpha value is -4.60. The highest BCUT2D eigenvalue weighted by Gasteiger charge is 2.37. The molecule has 42 heavy (non-hydrogen) atoms. The van der Waals surface area contributed by atoms with Crippen LogP contribution in [0.15, 0.2) is 71.8 Å². The maximum Gasteiger partial charge on any atom is 0.337 e. The van der Waals surface area contributed by atoms with Gasteiger partial charge in [0.15, 0.2) is 0 Å². The second-order valence-corrected chi connectivity index (χ2v) is 10.5. The minimum absolute atomic E-state index is 0.00933. The molecule has 2 aliphatic heterocycles. The number of carboxylic acids is 1. The molecule has 0 amide bonds. The van der Waals surface area contributed by atoms with E-state index in [1.165, 1.54) is 13.2 Å². The number of anilines is 2. The molecule has 0 aromatic heterocycles. The largest absolute Gasteiger partial charge is 0.497 e. The first kappa shape index (κ1) is 28.9. The van der Waals surface area contributed by atoms with Gasteiger partial charge in [-0.05, 0) is 54.1 Å². The highest BCUT2D eigenvalue weighted by atomic mass is 19.1. The fourth-order valence-electron chi connectivity index (χ4n) is 5.53. The maximum atomic E-state index is 14.4. The summed E-state index contributed by atoms with van der Waals surface area (Å²) in [6, 6.07) is 18.8. The van der Waals surface area contributed by atoms with Gasteiger partial charge in [0, 0.05) is 37.9 Å². The van der Waals surface area contributed by atoms with Gasteiger partial charge >= 0.3 is 11.9 Å². The normalized spacial score (nSPS) is 18.9. The van der Waals surface area contributed by atoms with Crippen molar-refractivity contribution in [2.24, 2.45) is 11.0 Å². The van der Waals surface area contributed by atoms with E-state index in [1.54, 1.807) is 48.5 Å². The van der Waals surface area contributed by atoms with Crippen LogP contribution in [-0.4, -0.2) is 62.2 Å². The monoisotopic (exact) mass is 575 g/mol. The Morgan fingerprint density at radius 3 is 2.26 bits per heavy atom. The molecule has 0 bridgehead atoms. The van der Waals surface area contributed by atoms with Crippen molar-refractivity contribution in [2.45, 2.75) is 38.3 Å². The number of carboxylic acid groups (broad SMARTS) is 1. The Bertz CT molecular complexity index is 1450. The van der Waals surface area contributed by atoms with Gasteiger partial charge in [-0.15, -0.1) is 0 Å². The van der Waals surface area contributed by atoms with Crippen molar-refractivity contribution < 1.29 is 33.3 Å². The maximum absolute atomic E-state index is 14.4. The van der Waals surface area contributed by atoms with Crippen LogP contribution in [-0.2, 0) is 9.53 Å². The number of ether oxygens (including phenoxy) is 3. The first-order valence-electron chi connectivity index (χ1n) is 13.9. The number of hydrogen-bond acceptors (Lipinski definition) is 8. The number of carbonyl (C=O) groups excluding carboxylic acids is 1. The van der Waals surface area contributed by atoms with E-state index >= 15 is 0 Å². The molecule has 1 N–H and O–H groups in total. The summed E-state index contributed by atoms with van der Waals surface area (Å²) in [6.07, 6.45) is 1.39. The van der Waals surface area contributed by atoms with Crippen LogP contribution in [0.1, 0.15) is 42.1 Å². The number of nitrogens with zero attached hydrogens (tertiary/aromatic N) is 3. The summed E-state index contributed by atoms with van der Waals surface area (Å²) < 4.78 is 30.7. The van der Waals surface area contributed by atoms with Crippen LogP contribution < -0.4 is 19.4 Å². The van der Waals surface area contributed by atoms with Crippen LogP contribution in [0.2, 0.25) is 0 Å². The topological polar surface area (TPSA) is 101 Å². The lowest BCUT2D eigenvalue weighted by atomic mass is 9.90. The quantitative estimate of drug-likeness (QED) is 0.340. The molecule has 2 unspecified atom stereocenters. The number of halogens is 1. The SMILES string of the molecule is COC(=O)c1ccc(C2=NN(c3ccc(OC4CCN(c5cc(OC)ccc5F)CC4)cc3)C(CC(=O)O)C2C)cc1. The van der Waals surface area contributed by atoms with Crippen LogP contribution in [0.5, 0.6) is 11.5 Å². The van der Waals surface area contributed by atoms with Crippen molar-refractivity contribution in [3.63, 3.8) is 0 Å². The third-order valence-corrected chi connectivity index (χ3v) is 7.86. The number of esters is 1. The van der Waals surface area contributed by atoms with Crippen molar-refractivity contribution in [3.8, 4) is 11.5 Å². The number of methoxy groups -OCH3 is 2. The van der Waals surface area contributed by atoms with Crippen LogP contribution >= 0.6 is 0 Å². The van der Waals surface area contributed by atoms with Crippen molar-refractivity contribution in [1.29, 1.82) is 0 Å². The summed E-state index contributed by atoms with van der Waals surface area (Å²) in [5.74, 6) is -0.445. The highest BCUT2D eigenvalue weighted by molar-refractivity contribution is 6.05. The Balaban J connectivity index is 1.27. The molecule has 9 nitrogen and oxygen atoms in total. The summed E-state index contributed by atoms with van der Waals surface area (Å²) >= 11 is 0. The van der Waals surface area contributed by atoms with Gasteiger partial charge in [-0.3, -0.25) is 9.80 Å². The van der Waals surface area contributed by atoms with Gasteiger partial charge < -0.3 is 24.2 Å². The average molecular weight is 576 g/mol. The molecule has 2 aliphatic rings. The second-order valence-electron chi connectivity index (χ2n) is 10.5. The number of rotatable bonds is 9. The zero-order valence-corrected chi connectivity index (χ0v) is 23.8. The Labute approximate surface area is 244 Å². The third-order valence-electron chi connectivity index (χ3n) is 7.86. The van der Waals surface area contributed by atoms with Gasteiger partial charge in [0.2, 0.25) is 0 Å². The molecule has 0 radical (unpaired) electrons. The summed E-state index contributed by atoms with van der Waals surface area (Å²) in [4.78, 5) is 25.6. The van der Waals surface area contributed by atoms with Crippen molar-refractivity contribution in [2.75, 3.05) is 37.2 Å². The van der Waals surface area contributed by atoms with E-state index in [1.807, 2.05) is 36.1 Å². The van der Waals surface area contributed by atoms with E-state index in [9.17, 15) is 19.1 Å². The molecule has 1 saturated heterocycles. The summed E-state index contributed by atoms with van der Waals surface area (Å²) in [7, 11) is 2.90. The molecule has 1 fully saturated rings. The van der Waals surface area contributed by atoms with Crippen LogP contribution in [0.25, 0.3) is 0 Å². The predicted octanol–water partition coefficient (Wildman–Crippen LogP) is 5.37. The Morgan fingerprint density at radius 2 is 1.64 bits per heavy atom. The zero-order chi connectivity index (χ0) is 29.8. The lowest BCUT2D eigenvalue weighted by molar-refractivity contribution is -0.137. The zero-order valence-electron chi connectivity index (χ0n) is 23.8. The Kier molecular flexibility index (Phi) is 8.61. The van der Waals surface area contributed by atoms with Gasteiger partial charge in [0.05, 0.1) is 49.3 Å². The molecule has 3 aromatic rings. The number of piperidine rings is 1. The summed E-state index contributed by atoms with van der Waals surface area (Å²) in [6.45, 7) is 3.28. The average Bonchev–Trinajstić information content (AvgIpc) is 3.32. The number of carbonyl (C=O) groups is 2. The van der Waals surface area contributed by atoms with Gasteiger partial charge in [0.1, 0.15) is 23.4 Å². The smallest absolute Gasteiger partial charge is 0.337 e. The fraction of sp³-hybridized carbons (Fsp3) is 0.344. The van der Waals surface area contributed by atoms with E-state index in [4.69, 9.17) is 19.3 Å². The van der Waals surface area contributed by atoms with Crippen LogP contribution in [0.3, 0.4) is 0 Å². The molecule has 2 heterocycles. The van der Waals surface area contributed by atoms with Gasteiger partial charge in [-0.1, -0.05) is 19.1 Å². The molecule has 0 saturated carbocycles. The number of hydrazone groups is 1. The lowest BCUT2D eigenvalue weighted by Gasteiger charge is -2.34. The molecule has 5 rings (SSSR count). The minimum atomic E-state index is -0.908. The number of benzene rings is 3. The number of hydrogen-bond donors (Lipinski definition) is 1. The molecular weight excluding hydrogens is 541 g/mol. The number of aliphatic carboxylic acids is 1. The summed E-state index contributed by atoms with van der Waals surface area (Å²) in [5.41, 5.74) is 3.28. The molecular formula is C32H34FN3O6. The molecule has 2 atom stereocenters. The van der Waals surface area contributed by atoms with Crippen molar-refractivity contribution in [1.82, 2.24) is 0 Å². The molecule has 220 valence electrons. The highest BCUT2D eigenvalue weighted by Crippen LogP contribution is 2.34. The first-order valence-corrected chi connectivity index (χ1v) is 13.9. The second kappa shape index (κ2) is 12.5. The fourth-order valence-corrected chi connectivity index (χ4v) is 5.53. The molecule has 3 aromatic carbocycles. The van der Waals surface area contributed by atoms with Crippen molar-refractivity contribution >= 4 is 29.0 Å². The van der Waals surface area contributed by atoms with E-state index < -0.39 is 11.9 Å². The molecule has 10 heteroatoms. The lowest BCUT2D eigenvalue weighted by Crippen LogP contribution is -2.38. The molecule has 0 spiro atoms. The first-order chi connectivity index (χ1) is 20.3. The minimum Gasteiger partial charge on any atom is -0.497 e. The van der Waals surface area contributed by atoms with Gasteiger partial charge in [-0.25, -0.2) is 9.18 Å². The van der Waals surface area contributed by atoms with E-state index in [0.717, 1.165) is 29.8 Å². The van der Waals surface area contributed by atoms with Gasteiger partial charge in [0.25, 0.3) is 0 Å². The van der Waals surface area contributed by atoms with Gasteiger partial charge in [-0.2, -0.15) is 5.10 Å². The van der Waals surface area contributed by atoms with E-state index in [0.29, 0.717) is 35.8 Å². The van der Waals surface area contributed by atoms with Crippen LogP contribution in [0.4, 0.5) is 15.8 Å². The Morgan fingerprint density at radius 1 is 0.976 bits per heavy atom.